The van der Waals surface area contributed by atoms with Crippen LogP contribution in [0.3, 0.4) is 0 Å². The second-order valence-corrected chi connectivity index (χ2v) is 9.04. The molecule has 7 heteroatoms. The Labute approximate surface area is 166 Å². The lowest BCUT2D eigenvalue weighted by atomic mass is 9.98. The molecule has 152 valence electrons. The van der Waals surface area contributed by atoms with Crippen LogP contribution in [-0.2, 0) is 14.8 Å². The number of nitrogens with zero attached hydrogens (tertiary/aromatic N) is 1. The Morgan fingerprint density at radius 2 is 1.82 bits per heavy atom. The van der Waals surface area contributed by atoms with Crippen LogP contribution < -0.4 is 9.62 Å². The van der Waals surface area contributed by atoms with Gasteiger partial charge in [0, 0.05) is 18.7 Å². The van der Waals surface area contributed by atoms with E-state index in [1.807, 2.05) is 25.1 Å². The molecule has 2 aromatic rings. The molecular formula is C21H27FN2O3S. The number of sulfonamides is 1. The third-order valence-corrected chi connectivity index (χ3v) is 5.66. The maximum Gasteiger partial charge on any atom is 0.232 e. The van der Waals surface area contributed by atoms with Crippen LogP contribution in [0, 0.1) is 12.7 Å². The Kier molecular flexibility index (Phi) is 7.18. The van der Waals surface area contributed by atoms with Crippen molar-refractivity contribution in [3.05, 3.63) is 59.4 Å². The number of amides is 1. The van der Waals surface area contributed by atoms with Crippen LogP contribution in [0.2, 0.25) is 0 Å². The second kappa shape index (κ2) is 9.19. The molecule has 0 saturated heterocycles. The van der Waals surface area contributed by atoms with Crippen molar-refractivity contribution in [2.75, 3.05) is 22.4 Å². The standard InChI is InChI=1S/C21H27FN2O3S/c1-15(2)17-10-7-9-16(3)21(17)23-20(25)13-8-14-24(28(4,26)27)19-12-6-5-11-18(19)22/h5-7,9-12,15H,8,13-14H2,1-4H3,(H,23,25). The summed E-state index contributed by atoms with van der Waals surface area (Å²) in [6.07, 6.45) is 1.43. The fourth-order valence-electron chi connectivity index (χ4n) is 3.05. The molecule has 0 aliphatic carbocycles. The molecule has 0 aliphatic heterocycles. The maximum absolute atomic E-state index is 14.0. The van der Waals surface area contributed by atoms with Gasteiger partial charge in [-0.25, -0.2) is 12.8 Å². The summed E-state index contributed by atoms with van der Waals surface area (Å²) in [5.41, 5.74) is 2.82. The number of hydrogen-bond acceptors (Lipinski definition) is 3. The van der Waals surface area contributed by atoms with Gasteiger partial charge in [0.2, 0.25) is 15.9 Å². The first-order chi connectivity index (χ1) is 13.1. The smallest absolute Gasteiger partial charge is 0.232 e. The van der Waals surface area contributed by atoms with Gasteiger partial charge in [-0.2, -0.15) is 0 Å². The van der Waals surface area contributed by atoms with Gasteiger partial charge in [0.05, 0.1) is 11.9 Å². The van der Waals surface area contributed by atoms with Crippen LogP contribution in [0.1, 0.15) is 43.7 Å². The van der Waals surface area contributed by atoms with Crippen LogP contribution in [0.4, 0.5) is 15.8 Å². The van der Waals surface area contributed by atoms with Crippen molar-refractivity contribution in [1.82, 2.24) is 0 Å². The number of anilines is 2. The molecule has 1 amide bonds. The number of benzene rings is 2. The third-order valence-electron chi connectivity index (χ3n) is 4.48. The predicted octanol–water partition coefficient (Wildman–Crippen LogP) is 4.44. The number of rotatable bonds is 8. The fraction of sp³-hybridized carbons (Fsp3) is 0.381. The Morgan fingerprint density at radius 3 is 2.43 bits per heavy atom. The summed E-state index contributed by atoms with van der Waals surface area (Å²) < 4.78 is 39.2. The van der Waals surface area contributed by atoms with E-state index in [4.69, 9.17) is 0 Å². The molecule has 2 rings (SSSR count). The highest BCUT2D eigenvalue weighted by Gasteiger charge is 2.20. The second-order valence-electron chi connectivity index (χ2n) is 7.13. The fourth-order valence-corrected chi connectivity index (χ4v) is 4.01. The number of aryl methyl sites for hydroxylation is 1. The number of halogens is 1. The Morgan fingerprint density at radius 1 is 1.14 bits per heavy atom. The Hall–Kier alpha value is -2.41. The molecule has 0 aliphatic rings. The number of carbonyl (C=O) groups excluding carboxylic acids is 1. The molecule has 0 fully saturated rings. The van der Waals surface area contributed by atoms with E-state index in [0.717, 1.165) is 27.4 Å². The van der Waals surface area contributed by atoms with Gasteiger partial charge in [-0.05, 0) is 42.5 Å². The van der Waals surface area contributed by atoms with Crippen molar-refractivity contribution < 1.29 is 17.6 Å². The largest absolute Gasteiger partial charge is 0.326 e. The highest BCUT2D eigenvalue weighted by atomic mass is 32.2. The van der Waals surface area contributed by atoms with E-state index in [9.17, 15) is 17.6 Å². The van der Waals surface area contributed by atoms with Gasteiger partial charge in [0.25, 0.3) is 0 Å². The van der Waals surface area contributed by atoms with Crippen LogP contribution in [-0.4, -0.2) is 27.1 Å². The minimum atomic E-state index is -3.66. The summed E-state index contributed by atoms with van der Waals surface area (Å²) in [6.45, 7) is 6.08. The van der Waals surface area contributed by atoms with Crippen LogP contribution in [0.5, 0.6) is 0 Å². The van der Waals surface area contributed by atoms with Crippen molar-refractivity contribution in [1.29, 1.82) is 0 Å². The van der Waals surface area contributed by atoms with Crippen LogP contribution in [0.25, 0.3) is 0 Å². The van der Waals surface area contributed by atoms with Crippen molar-refractivity contribution in [2.45, 2.75) is 39.5 Å². The number of para-hydroxylation sites is 2. The third kappa shape index (κ3) is 5.55. The van der Waals surface area contributed by atoms with E-state index < -0.39 is 15.8 Å². The molecule has 5 nitrogen and oxygen atoms in total. The SMILES string of the molecule is Cc1cccc(C(C)C)c1NC(=O)CCCN(c1ccccc1F)S(C)(=O)=O. The first-order valence-electron chi connectivity index (χ1n) is 9.23. The summed E-state index contributed by atoms with van der Waals surface area (Å²) in [7, 11) is -3.66. The topological polar surface area (TPSA) is 66.5 Å². The minimum Gasteiger partial charge on any atom is -0.326 e. The van der Waals surface area contributed by atoms with Crippen molar-refractivity contribution in [2.24, 2.45) is 0 Å². The zero-order valence-corrected chi connectivity index (χ0v) is 17.5. The summed E-state index contributed by atoms with van der Waals surface area (Å²) in [6, 6.07) is 11.6. The maximum atomic E-state index is 14.0. The Balaban J connectivity index is 2.06. The van der Waals surface area contributed by atoms with Crippen molar-refractivity contribution in [3.63, 3.8) is 0 Å². The van der Waals surface area contributed by atoms with E-state index in [-0.39, 0.29) is 36.9 Å². The lowest BCUT2D eigenvalue weighted by Crippen LogP contribution is -2.32. The predicted molar refractivity (Wildman–Crippen MR) is 112 cm³/mol. The van der Waals surface area contributed by atoms with Gasteiger partial charge >= 0.3 is 0 Å². The highest BCUT2D eigenvalue weighted by Crippen LogP contribution is 2.28. The highest BCUT2D eigenvalue weighted by molar-refractivity contribution is 7.92. The number of nitrogens with one attached hydrogen (secondary N) is 1. The minimum absolute atomic E-state index is 0.00796. The van der Waals surface area contributed by atoms with Gasteiger partial charge in [0.1, 0.15) is 5.82 Å². The summed E-state index contributed by atoms with van der Waals surface area (Å²) in [5.74, 6) is -0.547. The first kappa shape index (κ1) is 21.9. The average molecular weight is 407 g/mol. The van der Waals surface area contributed by atoms with Gasteiger partial charge in [-0.1, -0.05) is 44.2 Å². The molecule has 1 N–H and O–H groups in total. The summed E-state index contributed by atoms with van der Waals surface area (Å²) >= 11 is 0. The number of carbonyl (C=O) groups is 1. The molecule has 0 unspecified atom stereocenters. The zero-order valence-electron chi connectivity index (χ0n) is 16.7. The summed E-state index contributed by atoms with van der Waals surface area (Å²) in [5, 5.41) is 2.94. The molecule has 0 radical (unpaired) electrons. The molecule has 0 atom stereocenters. The van der Waals surface area contributed by atoms with E-state index >= 15 is 0 Å². The normalized spacial score (nSPS) is 11.5. The molecular weight excluding hydrogens is 379 g/mol. The lowest BCUT2D eigenvalue weighted by molar-refractivity contribution is -0.116. The van der Waals surface area contributed by atoms with E-state index in [1.165, 1.54) is 18.2 Å². The average Bonchev–Trinajstić information content (AvgIpc) is 2.60. The molecule has 0 spiro atoms. The molecule has 0 saturated carbocycles. The quantitative estimate of drug-likeness (QED) is 0.705. The van der Waals surface area contributed by atoms with Crippen LogP contribution in [0.15, 0.2) is 42.5 Å². The van der Waals surface area contributed by atoms with E-state index in [0.29, 0.717) is 0 Å². The van der Waals surface area contributed by atoms with Gasteiger partial charge < -0.3 is 5.32 Å². The van der Waals surface area contributed by atoms with Crippen molar-refractivity contribution in [3.8, 4) is 0 Å². The zero-order chi connectivity index (χ0) is 20.9. The van der Waals surface area contributed by atoms with E-state index in [1.54, 1.807) is 6.07 Å². The first-order valence-corrected chi connectivity index (χ1v) is 11.1. The van der Waals surface area contributed by atoms with E-state index in [2.05, 4.69) is 19.2 Å². The number of hydrogen-bond donors (Lipinski definition) is 1. The molecule has 0 bridgehead atoms. The summed E-state index contributed by atoms with van der Waals surface area (Å²) in [4.78, 5) is 12.4. The van der Waals surface area contributed by atoms with Gasteiger partial charge in [-0.15, -0.1) is 0 Å². The Bertz CT molecular complexity index is 942. The molecule has 2 aromatic carbocycles. The van der Waals surface area contributed by atoms with Crippen LogP contribution >= 0.6 is 0 Å². The molecule has 0 aromatic heterocycles. The molecule has 0 heterocycles. The van der Waals surface area contributed by atoms with Crippen molar-refractivity contribution >= 4 is 27.3 Å². The monoisotopic (exact) mass is 406 g/mol. The molecule has 28 heavy (non-hydrogen) atoms. The van der Waals surface area contributed by atoms with Gasteiger partial charge in [0.15, 0.2) is 0 Å². The lowest BCUT2D eigenvalue weighted by Gasteiger charge is -2.23. The van der Waals surface area contributed by atoms with Gasteiger partial charge in [-0.3, -0.25) is 9.10 Å².